The fourth-order valence-electron chi connectivity index (χ4n) is 1.82. The average molecular weight is 295 g/mol. The molecule has 2 heterocycles. The zero-order valence-electron chi connectivity index (χ0n) is 11.7. The quantitative estimate of drug-likeness (QED) is 0.829. The molecule has 3 nitrogen and oxygen atoms in total. The minimum absolute atomic E-state index is 0.453. The summed E-state index contributed by atoms with van der Waals surface area (Å²) >= 11 is 3.58. The van der Waals surface area contributed by atoms with Gasteiger partial charge in [0.05, 0.1) is 0 Å². The van der Waals surface area contributed by atoms with Gasteiger partial charge < -0.3 is 5.32 Å². The van der Waals surface area contributed by atoms with Gasteiger partial charge in [0.2, 0.25) is 0 Å². The van der Waals surface area contributed by atoms with E-state index in [0.717, 1.165) is 24.6 Å². The lowest BCUT2D eigenvalue weighted by molar-refractivity contribution is 0.258. The second-order valence-corrected chi connectivity index (χ2v) is 6.76. The number of anilines is 1. The normalized spacial score (nSPS) is 12.8. The van der Waals surface area contributed by atoms with Crippen molar-refractivity contribution in [3.63, 3.8) is 0 Å². The summed E-state index contributed by atoms with van der Waals surface area (Å²) in [6, 6.07) is 4.77. The number of aromatic nitrogens is 1. The lowest BCUT2D eigenvalue weighted by Crippen LogP contribution is -2.20. The predicted molar refractivity (Wildman–Crippen MR) is 85.1 cm³/mol. The number of thiophene rings is 1. The maximum atomic E-state index is 4.41. The first-order valence-electron chi connectivity index (χ1n) is 6.63. The molecular formula is C14H21N3S2. The van der Waals surface area contributed by atoms with Crippen LogP contribution < -0.4 is 5.32 Å². The Kier molecular flexibility index (Phi) is 5.36. The summed E-state index contributed by atoms with van der Waals surface area (Å²) in [6.07, 6.45) is 3.12. The van der Waals surface area contributed by atoms with Gasteiger partial charge in [-0.05, 0) is 31.8 Å². The molecule has 0 bridgehead atoms. The van der Waals surface area contributed by atoms with E-state index in [4.69, 9.17) is 0 Å². The number of hydrogen-bond acceptors (Lipinski definition) is 5. The van der Waals surface area contributed by atoms with Crippen LogP contribution in [0.2, 0.25) is 0 Å². The van der Waals surface area contributed by atoms with Crippen molar-refractivity contribution in [2.75, 3.05) is 18.9 Å². The van der Waals surface area contributed by atoms with E-state index in [-0.39, 0.29) is 0 Å². The van der Waals surface area contributed by atoms with Gasteiger partial charge in [-0.3, -0.25) is 4.90 Å². The molecule has 1 atom stereocenters. The lowest BCUT2D eigenvalue weighted by Gasteiger charge is -2.22. The van der Waals surface area contributed by atoms with E-state index in [1.165, 1.54) is 9.75 Å². The molecule has 2 aromatic rings. The number of nitrogens with zero attached hydrogens (tertiary/aromatic N) is 2. The predicted octanol–water partition coefficient (Wildman–Crippen LogP) is 4.22. The Morgan fingerprint density at radius 3 is 3.00 bits per heavy atom. The lowest BCUT2D eigenvalue weighted by atomic mass is 10.2. The van der Waals surface area contributed by atoms with Gasteiger partial charge in [0.15, 0.2) is 5.13 Å². The Balaban J connectivity index is 1.91. The maximum Gasteiger partial charge on any atom is 0.182 e. The topological polar surface area (TPSA) is 28.2 Å². The van der Waals surface area contributed by atoms with Gasteiger partial charge in [0.1, 0.15) is 0 Å². The van der Waals surface area contributed by atoms with E-state index >= 15 is 0 Å². The molecule has 2 rings (SSSR count). The maximum absolute atomic E-state index is 4.41. The molecule has 2 aromatic heterocycles. The molecule has 0 saturated carbocycles. The summed E-state index contributed by atoms with van der Waals surface area (Å²) in [4.78, 5) is 9.50. The molecular weight excluding hydrogens is 274 g/mol. The van der Waals surface area contributed by atoms with Crippen LogP contribution in [0.25, 0.3) is 0 Å². The van der Waals surface area contributed by atoms with Crippen LogP contribution in [0.4, 0.5) is 5.13 Å². The van der Waals surface area contributed by atoms with Gasteiger partial charge in [0, 0.05) is 35.1 Å². The van der Waals surface area contributed by atoms with Crippen LogP contribution in [0.3, 0.4) is 0 Å². The highest BCUT2D eigenvalue weighted by Crippen LogP contribution is 2.26. The van der Waals surface area contributed by atoms with E-state index in [1.807, 2.05) is 17.5 Å². The number of hydrogen-bond donors (Lipinski definition) is 1. The van der Waals surface area contributed by atoms with Gasteiger partial charge in [-0.1, -0.05) is 13.0 Å². The van der Waals surface area contributed by atoms with Crippen LogP contribution in [-0.4, -0.2) is 23.5 Å². The molecule has 5 heteroatoms. The van der Waals surface area contributed by atoms with E-state index in [0.29, 0.717) is 6.04 Å². The number of nitrogens with one attached hydrogen (secondary N) is 1. The van der Waals surface area contributed by atoms with Gasteiger partial charge in [-0.15, -0.1) is 22.7 Å². The molecule has 0 radical (unpaired) electrons. The van der Waals surface area contributed by atoms with Crippen molar-refractivity contribution in [3.8, 4) is 0 Å². The summed E-state index contributed by atoms with van der Waals surface area (Å²) in [5, 5.41) is 6.51. The van der Waals surface area contributed by atoms with Crippen LogP contribution in [-0.2, 0) is 6.54 Å². The Morgan fingerprint density at radius 2 is 2.32 bits per heavy atom. The second-order valence-electron chi connectivity index (χ2n) is 4.67. The smallest absolute Gasteiger partial charge is 0.182 e. The molecule has 1 unspecified atom stereocenters. The third-order valence-corrected chi connectivity index (χ3v) is 5.08. The van der Waals surface area contributed by atoms with E-state index in [1.54, 1.807) is 11.3 Å². The second kappa shape index (κ2) is 7.03. The fourth-order valence-corrected chi connectivity index (χ4v) is 3.57. The molecule has 0 amide bonds. The van der Waals surface area contributed by atoms with Gasteiger partial charge in [-0.25, -0.2) is 4.98 Å². The van der Waals surface area contributed by atoms with E-state index < -0.39 is 0 Å². The molecule has 0 saturated heterocycles. The molecule has 0 aliphatic heterocycles. The summed E-state index contributed by atoms with van der Waals surface area (Å²) in [5.41, 5.74) is 0. The van der Waals surface area contributed by atoms with Crippen molar-refractivity contribution >= 4 is 27.8 Å². The highest BCUT2D eigenvalue weighted by atomic mass is 32.1. The fraction of sp³-hybridized carbons (Fsp3) is 0.500. The molecule has 0 aliphatic rings. The Morgan fingerprint density at radius 1 is 1.47 bits per heavy atom. The standard InChI is InChI=1S/C14H21N3S2/c1-4-7-15-14-16-9-12(19-14)10-17(3)11(2)13-6-5-8-18-13/h5-6,8-9,11H,4,7,10H2,1-3H3,(H,15,16). The number of rotatable bonds is 7. The molecule has 0 fully saturated rings. The summed E-state index contributed by atoms with van der Waals surface area (Å²) < 4.78 is 0. The highest BCUT2D eigenvalue weighted by Gasteiger charge is 2.14. The molecule has 0 aliphatic carbocycles. The van der Waals surface area contributed by atoms with Crippen molar-refractivity contribution in [2.45, 2.75) is 32.9 Å². The number of thiazole rings is 1. The molecule has 104 valence electrons. The van der Waals surface area contributed by atoms with Crippen LogP contribution in [0.15, 0.2) is 23.7 Å². The minimum atomic E-state index is 0.453. The third kappa shape index (κ3) is 4.03. The SMILES string of the molecule is CCCNc1ncc(CN(C)C(C)c2cccs2)s1. The molecule has 0 spiro atoms. The van der Waals surface area contributed by atoms with Crippen molar-refractivity contribution in [2.24, 2.45) is 0 Å². The van der Waals surface area contributed by atoms with Gasteiger partial charge in [0.25, 0.3) is 0 Å². The average Bonchev–Trinajstić information content (AvgIpc) is 3.06. The first-order valence-corrected chi connectivity index (χ1v) is 8.32. The van der Waals surface area contributed by atoms with E-state index in [9.17, 15) is 0 Å². The van der Waals surface area contributed by atoms with Crippen molar-refractivity contribution < 1.29 is 0 Å². The molecule has 0 aromatic carbocycles. The minimum Gasteiger partial charge on any atom is -0.362 e. The van der Waals surface area contributed by atoms with Gasteiger partial charge >= 0.3 is 0 Å². The summed E-state index contributed by atoms with van der Waals surface area (Å²) in [6.45, 7) is 6.36. The molecule has 19 heavy (non-hydrogen) atoms. The summed E-state index contributed by atoms with van der Waals surface area (Å²) in [5.74, 6) is 0. The Hall–Kier alpha value is -0.910. The van der Waals surface area contributed by atoms with Crippen molar-refractivity contribution in [1.82, 2.24) is 9.88 Å². The zero-order chi connectivity index (χ0) is 13.7. The first-order chi connectivity index (χ1) is 9.20. The zero-order valence-corrected chi connectivity index (χ0v) is 13.4. The highest BCUT2D eigenvalue weighted by molar-refractivity contribution is 7.15. The van der Waals surface area contributed by atoms with Crippen LogP contribution in [0.5, 0.6) is 0 Å². The van der Waals surface area contributed by atoms with Crippen LogP contribution in [0, 0.1) is 0 Å². The third-order valence-electron chi connectivity index (χ3n) is 3.10. The van der Waals surface area contributed by atoms with Gasteiger partial charge in [-0.2, -0.15) is 0 Å². The monoisotopic (exact) mass is 295 g/mol. The summed E-state index contributed by atoms with van der Waals surface area (Å²) in [7, 11) is 2.17. The Bertz CT molecular complexity index is 479. The van der Waals surface area contributed by atoms with E-state index in [2.05, 4.69) is 53.6 Å². The molecule has 1 N–H and O–H groups in total. The van der Waals surface area contributed by atoms with Crippen molar-refractivity contribution in [1.29, 1.82) is 0 Å². The first kappa shape index (κ1) is 14.5. The van der Waals surface area contributed by atoms with Crippen LogP contribution in [0.1, 0.15) is 36.1 Å². The Labute approximate surface area is 123 Å². The van der Waals surface area contributed by atoms with Crippen molar-refractivity contribution in [3.05, 3.63) is 33.5 Å². The van der Waals surface area contributed by atoms with Crippen LogP contribution >= 0.6 is 22.7 Å². The largest absolute Gasteiger partial charge is 0.362 e.